The molecule has 0 saturated carbocycles. The molecular formula is C42H42N4O. The molecule has 0 unspecified atom stereocenters. The first-order chi connectivity index (χ1) is 22.4. The van der Waals surface area contributed by atoms with Crippen LogP contribution in [0.5, 0.6) is 0 Å². The van der Waals surface area contributed by atoms with E-state index < -0.39 is 0 Å². The van der Waals surface area contributed by atoms with Gasteiger partial charge >= 0.3 is 0 Å². The van der Waals surface area contributed by atoms with Crippen molar-refractivity contribution in [2.45, 2.75) is 72.3 Å². The van der Waals surface area contributed by atoms with Crippen molar-refractivity contribution in [2.75, 3.05) is 6.61 Å². The van der Waals surface area contributed by atoms with Crippen LogP contribution in [0, 0.1) is 6.92 Å². The fourth-order valence-electron chi connectivity index (χ4n) is 7.07. The molecule has 0 amide bonds. The minimum Gasteiger partial charge on any atom is -0.475 e. The van der Waals surface area contributed by atoms with Gasteiger partial charge in [0, 0.05) is 44.7 Å². The van der Waals surface area contributed by atoms with Crippen molar-refractivity contribution in [3.05, 3.63) is 113 Å². The summed E-state index contributed by atoms with van der Waals surface area (Å²) in [6.45, 7) is 18.3. The molecule has 1 aliphatic heterocycles. The number of hydrogen-bond donors (Lipinski definition) is 0. The molecule has 4 aromatic carbocycles. The number of benzene rings is 4. The molecule has 47 heavy (non-hydrogen) atoms. The maximum absolute atomic E-state index is 6.16. The zero-order chi connectivity index (χ0) is 32.8. The SMILES string of the molecule is Cc1ccc2c(c1)c1ccc(-n3c4ccc(C(C)(C)C)cc4c4cccnc43)cc1n2-c1cc(C2=NC(C)(C)CO2)cc(C(C)C)c1. The van der Waals surface area contributed by atoms with E-state index in [1.165, 1.54) is 43.8 Å². The van der Waals surface area contributed by atoms with Crippen LogP contribution in [0.1, 0.15) is 76.6 Å². The van der Waals surface area contributed by atoms with Gasteiger partial charge in [0.05, 0.1) is 22.1 Å². The molecule has 7 aromatic rings. The van der Waals surface area contributed by atoms with Crippen LogP contribution in [0.2, 0.25) is 0 Å². The van der Waals surface area contributed by atoms with Crippen molar-refractivity contribution in [2.24, 2.45) is 4.99 Å². The van der Waals surface area contributed by atoms with Crippen LogP contribution in [0.15, 0.2) is 96.1 Å². The van der Waals surface area contributed by atoms with Crippen LogP contribution >= 0.6 is 0 Å². The van der Waals surface area contributed by atoms with E-state index in [2.05, 4.69) is 143 Å². The zero-order valence-electron chi connectivity index (χ0n) is 28.6. The van der Waals surface area contributed by atoms with Gasteiger partial charge in [-0.05, 0) is 110 Å². The number of pyridine rings is 1. The van der Waals surface area contributed by atoms with E-state index in [0.29, 0.717) is 12.5 Å². The molecular weight excluding hydrogens is 576 g/mol. The Labute approximate surface area is 276 Å². The summed E-state index contributed by atoms with van der Waals surface area (Å²) in [5, 5.41) is 4.86. The molecule has 8 rings (SSSR count). The van der Waals surface area contributed by atoms with E-state index in [1.54, 1.807) is 0 Å². The molecule has 236 valence electrons. The minimum absolute atomic E-state index is 0.0526. The zero-order valence-corrected chi connectivity index (χ0v) is 28.6. The Bertz CT molecular complexity index is 2410. The van der Waals surface area contributed by atoms with Gasteiger partial charge in [-0.3, -0.25) is 4.57 Å². The molecule has 0 bridgehead atoms. The van der Waals surface area contributed by atoms with Gasteiger partial charge in [-0.2, -0.15) is 0 Å². The Morgan fingerprint density at radius 2 is 1.51 bits per heavy atom. The third kappa shape index (κ3) is 4.83. The Balaban J connectivity index is 1.42. The Morgan fingerprint density at radius 3 is 2.26 bits per heavy atom. The van der Waals surface area contributed by atoms with Crippen LogP contribution in [0.3, 0.4) is 0 Å². The number of fused-ring (bicyclic) bond motifs is 6. The maximum Gasteiger partial charge on any atom is 0.216 e. The lowest BCUT2D eigenvalue weighted by Crippen LogP contribution is -2.17. The fraction of sp³-hybridized carbons (Fsp3) is 0.286. The largest absolute Gasteiger partial charge is 0.475 e. The number of nitrogens with zero attached hydrogens (tertiary/aromatic N) is 4. The number of ether oxygens (including phenoxy) is 1. The average Bonchev–Trinajstić information content (AvgIpc) is 3.68. The lowest BCUT2D eigenvalue weighted by molar-refractivity contribution is 0.279. The lowest BCUT2D eigenvalue weighted by atomic mass is 9.86. The van der Waals surface area contributed by atoms with Crippen molar-refractivity contribution >= 4 is 49.6 Å². The van der Waals surface area contributed by atoms with Gasteiger partial charge in [0.25, 0.3) is 0 Å². The van der Waals surface area contributed by atoms with E-state index >= 15 is 0 Å². The molecule has 0 spiro atoms. The predicted octanol–water partition coefficient (Wildman–Crippen LogP) is 10.6. The highest BCUT2D eigenvalue weighted by Crippen LogP contribution is 2.39. The van der Waals surface area contributed by atoms with Crippen molar-refractivity contribution < 1.29 is 4.74 Å². The molecule has 0 radical (unpaired) electrons. The second-order valence-electron chi connectivity index (χ2n) is 15.2. The summed E-state index contributed by atoms with van der Waals surface area (Å²) in [7, 11) is 0. The number of aryl methyl sites for hydroxylation is 1. The molecule has 0 fully saturated rings. The normalized spacial score (nSPS) is 15.0. The molecule has 1 aliphatic rings. The van der Waals surface area contributed by atoms with Crippen LogP contribution in [0.4, 0.5) is 0 Å². The van der Waals surface area contributed by atoms with Crippen molar-refractivity contribution in [3.8, 4) is 11.4 Å². The predicted molar refractivity (Wildman–Crippen MR) is 197 cm³/mol. The van der Waals surface area contributed by atoms with Gasteiger partial charge in [-0.1, -0.05) is 58.4 Å². The summed E-state index contributed by atoms with van der Waals surface area (Å²) < 4.78 is 10.9. The van der Waals surface area contributed by atoms with Crippen molar-refractivity contribution in [1.29, 1.82) is 0 Å². The summed E-state index contributed by atoms with van der Waals surface area (Å²) in [4.78, 5) is 9.88. The monoisotopic (exact) mass is 618 g/mol. The molecule has 5 nitrogen and oxygen atoms in total. The highest BCUT2D eigenvalue weighted by molar-refractivity contribution is 6.12. The third-order valence-electron chi connectivity index (χ3n) is 9.63. The summed E-state index contributed by atoms with van der Waals surface area (Å²) in [6.07, 6.45) is 1.90. The number of aromatic nitrogens is 3. The van der Waals surface area contributed by atoms with Crippen LogP contribution in [-0.4, -0.2) is 32.2 Å². The molecule has 0 N–H and O–H groups in total. The van der Waals surface area contributed by atoms with Crippen LogP contribution in [0.25, 0.3) is 55.1 Å². The third-order valence-corrected chi connectivity index (χ3v) is 9.63. The van der Waals surface area contributed by atoms with Crippen molar-refractivity contribution in [1.82, 2.24) is 14.1 Å². The quantitative estimate of drug-likeness (QED) is 0.197. The first-order valence-electron chi connectivity index (χ1n) is 16.7. The standard InChI is InChI=1S/C42H42N4O/c1-25(2)27-19-28(40-44-42(7,8)24-47-40)21-31(20-27)45-36-15-11-26(3)18-34(36)32-14-13-30(23-38(32)45)46-37-16-12-29(41(4,5)6)22-35(37)33-10-9-17-43-39(33)46/h9-23,25H,24H2,1-8H3. The van der Waals surface area contributed by atoms with Gasteiger partial charge in [0.2, 0.25) is 5.90 Å². The fourth-order valence-corrected chi connectivity index (χ4v) is 7.07. The van der Waals surface area contributed by atoms with Gasteiger partial charge in [0.1, 0.15) is 12.3 Å². The van der Waals surface area contributed by atoms with Crippen LogP contribution < -0.4 is 0 Å². The Hall–Kier alpha value is -4.90. The van der Waals surface area contributed by atoms with Crippen LogP contribution in [-0.2, 0) is 10.2 Å². The maximum atomic E-state index is 6.16. The van der Waals surface area contributed by atoms with Gasteiger partial charge in [0.15, 0.2) is 0 Å². The number of aliphatic imine (C=N–C) groups is 1. The minimum atomic E-state index is -0.230. The molecule has 4 heterocycles. The number of rotatable bonds is 4. The summed E-state index contributed by atoms with van der Waals surface area (Å²) in [6, 6.07) is 31.6. The lowest BCUT2D eigenvalue weighted by Gasteiger charge is -2.19. The second kappa shape index (κ2) is 10.3. The highest BCUT2D eigenvalue weighted by atomic mass is 16.5. The topological polar surface area (TPSA) is 44.3 Å². The molecule has 0 atom stereocenters. The van der Waals surface area contributed by atoms with E-state index in [1.807, 2.05) is 12.3 Å². The van der Waals surface area contributed by atoms with Gasteiger partial charge in [-0.15, -0.1) is 0 Å². The first kappa shape index (κ1) is 29.5. The summed E-state index contributed by atoms with van der Waals surface area (Å²) in [5.41, 5.74) is 11.3. The van der Waals surface area contributed by atoms with E-state index in [0.717, 1.165) is 39.5 Å². The molecule has 3 aromatic heterocycles. The van der Waals surface area contributed by atoms with E-state index in [4.69, 9.17) is 14.7 Å². The second-order valence-corrected chi connectivity index (χ2v) is 15.2. The summed E-state index contributed by atoms with van der Waals surface area (Å²) in [5.74, 6) is 1.07. The molecule has 0 saturated heterocycles. The summed E-state index contributed by atoms with van der Waals surface area (Å²) >= 11 is 0. The smallest absolute Gasteiger partial charge is 0.216 e. The van der Waals surface area contributed by atoms with Gasteiger partial charge in [-0.25, -0.2) is 9.98 Å². The Morgan fingerprint density at radius 1 is 0.745 bits per heavy atom. The van der Waals surface area contributed by atoms with E-state index in [9.17, 15) is 0 Å². The molecule has 0 aliphatic carbocycles. The first-order valence-corrected chi connectivity index (χ1v) is 16.7. The Kier molecular flexibility index (Phi) is 6.47. The van der Waals surface area contributed by atoms with Crippen molar-refractivity contribution in [3.63, 3.8) is 0 Å². The number of hydrogen-bond acceptors (Lipinski definition) is 3. The highest BCUT2D eigenvalue weighted by Gasteiger charge is 2.28. The van der Waals surface area contributed by atoms with Gasteiger partial charge < -0.3 is 9.30 Å². The molecule has 5 heteroatoms. The van der Waals surface area contributed by atoms with E-state index in [-0.39, 0.29) is 11.0 Å². The average molecular weight is 619 g/mol.